The number of ether oxygens (including phenoxy) is 1. The van der Waals surface area contributed by atoms with Crippen LogP contribution >= 0.6 is 0 Å². The molecule has 0 aliphatic carbocycles. The molecule has 0 saturated heterocycles. The fourth-order valence-electron chi connectivity index (χ4n) is 1.70. The molecule has 0 fully saturated rings. The Balaban J connectivity index is 2.11. The minimum atomic E-state index is -0.252. The van der Waals surface area contributed by atoms with Gasteiger partial charge in [-0.3, -0.25) is 0 Å². The maximum atomic E-state index is 13.6. The molecular weight excluding hydrogens is 231 g/mol. The van der Waals surface area contributed by atoms with Crippen molar-refractivity contribution in [1.29, 1.82) is 0 Å². The first-order valence-electron chi connectivity index (χ1n) is 5.68. The molecule has 0 bridgehead atoms. The van der Waals surface area contributed by atoms with E-state index in [-0.39, 0.29) is 5.82 Å². The summed E-state index contributed by atoms with van der Waals surface area (Å²) < 4.78 is 18.8. The summed E-state index contributed by atoms with van der Waals surface area (Å²) in [7, 11) is 1.57. The van der Waals surface area contributed by atoms with E-state index in [1.165, 1.54) is 6.07 Å². The first kappa shape index (κ1) is 12.4. The molecular formula is C14H15FN2O. The van der Waals surface area contributed by atoms with Crippen molar-refractivity contribution in [3.63, 3.8) is 0 Å². The fraction of sp³-hybridized carbons (Fsp3) is 0.214. The third-order valence-corrected chi connectivity index (χ3v) is 2.64. The molecule has 2 rings (SSSR count). The number of nitrogens with one attached hydrogen (secondary N) is 1. The van der Waals surface area contributed by atoms with Crippen LogP contribution in [-0.4, -0.2) is 12.1 Å². The molecule has 0 radical (unpaired) electrons. The van der Waals surface area contributed by atoms with Crippen molar-refractivity contribution < 1.29 is 9.13 Å². The molecule has 4 heteroatoms. The number of hydrogen-bond donors (Lipinski definition) is 1. The summed E-state index contributed by atoms with van der Waals surface area (Å²) in [5, 5.41) is 3.04. The normalized spacial score (nSPS) is 10.2. The van der Waals surface area contributed by atoms with E-state index >= 15 is 0 Å². The van der Waals surface area contributed by atoms with E-state index in [0.29, 0.717) is 18.1 Å². The topological polar surface area (TPSA) is 34.1 Å². The average molecular weight is 246 g/mol. The summed E-state index contributed by atoms with van der Waals surface area (Å²) >= 11 is 0. The summed E-state index contributed by atoms with van der Waals surface area (Å²) in [6.45, 7) is 2.33. The van der Waals surface area contributed by atoms with Gasteiger partial charge in [-0.05, 0) is 30.7 Å². The third-order valence-electron chi connectivity index (χ3n) is 2.64. The van der Waals surface area contributed by atoms with Gasteiger partial charge in [0.2, 0.25) is 5.88 Å². The van der Waals surface area contributed by atoms with Crippen LogP contribution in [0, 0.1) is 12.7 Å². The van der Waals surface area contributed by atoms with Gasteiger partial charge in [0, 0.05) is 18.3 Å². The van der Waals surface area contributed by atoms with Crippen LogP contribution < -0.4 is 10.1 Å². The second kappa shape index (κ2) is 5.49. The van der Waals surface area contributed by atoms with Crippen LogP contribution in [0.1, 0.15) is 11.1 Å². The molecule has 18 heavy (non-hydrogen) atoms. The van der Waals surface area contributed by atoms with E-state index < -0.39 is 0 Å². The lowest BCUT2D eigenvalue weighted by Crippen LogP contribution is -2.04. The Kier molecular flexibility index (Phi) is 3.77. The lowest BCUT2D eigenvalue weighted by molar-refractivity contribution is 0.393. The van der Waals surface area contributed by atoms with Crippen molar-refractivity contribution in [2.24, 2.45) is 0 Å². The standard InChI is InChI=1S/C14H15FN2O/c1-10-5-6-13(12(15)8-10)17-9-11-4-3-7-16-14(11)18-2/h3-8,17H,9H2,1-2H3. The maximum absolute atomic E-state index is 13.6. The Labute approximate surface area is 106 Å². The summed E-state index contributed by atoms with van der Waals surface area (Å²) in [5.74, 6) is 0.301. The van der Waals surface area contributed by atoms with Gasteiger partial charge >= 0.3 is 0 Å². The number of rotatable bonds is 4. The molecule has 0 atom stereocenters. The number of pyridine rings is 1. The van der Waals surface area contributed by atoms with E-state index in [2.05, 4.69) is 10.3 Å². The van der Waals surface area contributed by atoms with Gasteiger partial charge in [-0.15, -0.1) is 0 Å². The number of aryl methyl sites for hydroxylation is 1. The van der Waals surface area contributed by atoms with Gasteiger partial charge in [-0.2, -0.15) is 0 Å². The predicted molar refractivity (Wildman–Crippen MR) is 69.3 cm³/mol. The van der Waals surface area contributed by atoms with Gasteiger partial charge in [-0.25, -0.2) is 9.37 Å². The number of anilines is 1. The van der Waals surface area contributed by atoms with E-state index in [9.17, 15) is 4.39 Å². The Morgan fingerprint density at radius 1 is 1.33 bits per heavy atom. The molecule has 94 valence electrons. The van der Waals surface area contributed by atoms with Gasteiger partial charge in [0.05, 0.1) is 12.8 Å². The molecule has 1 N–H and O–H groups in total. The first-order valence-corrected chi connectivity index (χ1v) is 5.68. The number of benzene rings is 1. The molecule has 0 unspecified atom stereocenters. The van der Waals surface area contributed by atoms with Crippen molar-refractivity contribution >= 4 is 5.69 Å². The highest BCUT2D eigenvalue weighted by Crippen LogP contribution is 2.19. The number of halogens is 1. The van der Waals surface area contributed by atoms with Crippen molar-refractivity contribution in [3.05, 3.63) is 53.5 Å². The summed E-state index contributed by atoms with van der Waals surface area (Å²) in [6.07, 6.45) is 1.66. The Bertz CT molecular complexity index is 543. The number of aromatic nitrogens is 1. The van der Waals surface area contributed by atoms with E-state index in [1.54, 1.807) is 19.4 Å². The van der Waals surface area contributed by atoms with Gasteiger partial charge < -0.3 is 10.1 Å². The average Bonchev–Trinajstić information content (AvgIpc) is 2.38. The van der Waals surface area contributed by atoms with Crippen molar-refractivity contribution in [2.45, 2.75) is 13.5 Å². The molecule has 1 heterocycles. The minimum absolute atomic E-state index is 0.252. The largest absolute Gasteiger partial charge is 0.481 e. The van der Waals surface area contributed by atoms with E-state index in [0.717, 1.165) is 11.1 Å². The SMILES string of the molecule is COc1ncccc1CNc1ccc(C)cc1F. The van der Waals surface area contributed by atoms with E-state index in [4.69, 9.17) is 4.74 Å². The van der Waals surface area contributed by atoms with Crippen LogP contribution in [0.3, 0.4) is 0 Å². The second-order valence-electron chi connectivity index (χ2n) is 4.01. The Morgan fingerprint density at radius 3 is 2.89 bits per heavy atom. The summed E-state index contributed by atoms with van der Waals surface area (Å²) in [5.41, 5.74) is 2.27. The second-order valence-corrected chi connectivity index (χ2v) is 4.01. The van der Waals surface area contributed by atoms with Gasteiger partial charge in [0.15, 0.2) is 0 Å². The highest BCUT2D eigenvalue weighted by atomic mass is 19.1. The lowest BCUT2D eigenvalue weighted by Gasteiger charge is -2.10. The highest BCUT2D eigenvalue weighted by Gasteiger charge is 2.05. The van der Waals surface area contributed by atoms with Crippen LogP contribution in [0.4, 0.5) is 10.1 Å². The molecule has 0 spiro atoms. The van der Waals surface area contributed by atoms with Crippen molar-refractivity contribution in [1.82, 2.24) is 4.98 Å². The minimum Gasteiger partial charge on any atom is -0.481 e. The first-order chi connectivity index (χ1) is 8.70. The molecule has 0 aliphatic heterocycles. The van der Waals surface area contributed by atoms with Gasteiger partial charge in [0.25, 0.3) is 0 Å². The van der Waals surface area contributed by atoms with Gasteiger partial charge in [0.1, 0.15) is 5.82 Å². The molecule has 1 aromatic carbocycles. The predicted octanol–water partition coefficient (Wildman–Crippen LogP) is 3.15. The van der Waals surface area contributed by atoms with Gasteiger partial charge in [-0.1, -0.05) is 12.1 Å². The van der Waals surface area contributed by atoms with Crippen LogP contribution in [0.15, 0.2) is 36.5 Å². The zero-order valence-electron chi connectivity index (χ0n) is 10.4. The third kappa shape index (κ3) is 2.77. The summed E-state index contributed by atoms with van der Waals surface area (Å²) in [4.78, 5) is 4.09. The highest BCUT2D eigenvalue weighted by molar-refractivity contribution is 5.47. The maximum Gasteiger partial charge on any atom is 0.218 e. The number of methoxy groups -OCH3 is 1. The smallest absolute Gasteiger partial charge is 0.218 e. The van der Waals surface area contributed by atoms with Crippen LogP contribution in [-0.2, 0) is 6.54 Å². The molecule has 0 aliphatic rings. The summed E-state index contributed by atoms with van der Waals surface area (Å²) in [6, 6.07) is 8.82. The molecule has 0 amide bonds. The monoisotopic (exact) mass is 246 g/mol. The Hall–Kier alpha value is -2.10. The fourth-order valence-corrected chi connectivity index (χ4v) is 1.70. The van der Waals surface area contributed by atoms with Crippen molar-refractivity contribution in [3.8, 4) is 5.88 Å². The number of hydrogen-bond acceptors (Lipinski definition) is 3. The molecule has 3 nitrogen and oxygen atoms in total. The number of nitrogens with zero attached hydrogens (tertiary/aromatic N) is 1. The zero-order valence-corrected chi connectivity index (χ0v) is 10.4. The zero-order chi connectivity index (χ0) is 13.0. The van der Waals surface area contributed by atoms with Crippen molar-refractivity contribution in [2.75, 3.05) is 12.4 Å². The van der Waals surface area contributed by atoms with Crippen LogP contribution in [0.5, 0.6) is 5.88 Å². The lowest BCUT2D eigenvalue weighted by atomic mass is 10.2. The Morgan fingerprint density at radius 2 is 2.17 bits per heavy atom. The van der Waals surface area contributed by atoms with Crippen LogP contribution in [0.2, 0.25) is 0 Å². The quantitative estimate of drug-likeness (QED) is 0.899. The molecule has 1 aromatic heterocycles. The van der Waals surface area contributed by atoms with E-state index in [1.807, 2.05) is 25.1 Å². The molecule has 2 aromatic rings. The molecule has 0 saturated carbocycles. The van der Waals surface area contributed by atoms with Crippen LogP contribution in [0.25, 0.3) is 0 Å².